The molecular formula is C18H30Cl2N2O3. The summed E-state index contributed by atoms with van der Waals surface area (Å²) in [5.74, 6) is 3.03. The van der Waals surface area contributed by atoms with E-state index in [1.54, 1.807) is 7.11 Å². The van der Waals surface area contributed by atoms with Crippen LogP contribution in [0.1, 0.15) is 38.3 Å². The molecule has 0 radical (unpaired) electrons. The Balaban J connectivity index is 0.00000156. The van der Waals surface area contributed by atoms with Crippen molar-refractivity contribution in [2.75, 3.05) is 40.1 Å². The van der Waals surface area contributed by atoms with E-state index in [1.165, 1.54) is 12.0 Å². The molecule has 2 heterocycles. The van der Waals surface area contributed by atoms with Crippen molar-refractivity contribution in [2.24, 2.45) is 5.92 Å². The van der Waals surface area contributed by atoms with E-state index in [0.717, 1.165) is 49.8 Å². The van der Waals surface area contributed by atoms with Crippen LogP contribution >= 0.6 is 24.8 Å². The number of piperazine rings is 1. The van der Waals surface area contributed by atoms with Gasteiger partial charge in [-0.25, -0.2) is 0 Å². The minimum absolute atomic E-state index is 0. The molecule has 1 saturated heterocycles. The summed E-state index contributed by atoms with van der Waals surface area (Å²) in [7, 11) is 1.69. The number of hydrogen-bond donors (Lipinski definition) is 1. The van der Waals surface area contributed by atoms with Gasteiger partial charge >= 0.3 is 0 Å². The summed E-state index contributed by atoms with van der Waals surface area (Å²) in [6.45, 7) is 9.13. The van der Waals surface area contributed by atoms with Crippen LogP contribution in [-0.4, -0.2) is 45.0 Å². The Morgan fingerprint density at radius 1 is 1.12 bits per heavy atom. The highest BCUT2D eigenvalue weighted by Gasteiger charge is 2.27. The fourth-order valence-corrected chi connectivity index (χ4v) is 3.39. The number of hydrogen-bond acceptors (Lipinski definition) is 5. The van der Waals surface area contributed by atoms with Gasteiger partial charge in [-0.15, -0.1) is 24.8 Å². The van der Waals surface area contributed by atoms with E-state index >= 15 is 0 Å². The van der Waals surface area contributed by atoms with E-state index in [1.807, 2.05) is 0 Å². The van der Waals surface area contributed by atoms with Crippen LogP contribution in [0.2, 0.25) is 0 Å². The molecular weight excluding hydrogens is 363 g/mol. The summed E-state index contributed by atoms with van der Waals surface area (Å²) in [4.78, 5) is 2.58. The maximum Gasteiger partial charge on any atom is 0.231 e. The SMILES string of the molecule is COc1cc([C@@H](CCC(C)C)N2CCNCC2)cc2c1OCO2.Cl.Cl. The van der Waals surface area contributed by atoms with Gasteiger partial charge in [-0.05, 0) is 36.5 Å². The summed E-state index contributed by atoms with van der Waals surface area (Å²) in [6, 6.07) is 4.67. The van der Waals surface area contributed by atoms with Gasteiger partial charge in [-0.2, -0.15) is 0 Å². The number of fused-ring (bicyclic) bond motifs is 1. The zero-order valence-corrected chi connectivity index (χ0v) is 16.9. The van der Waals surface area contributed by atoms with Gasteiger partial charge < -0.3 is 19.5 Å². The predicted molar refractivity (Wildman–Crippen MR) is 105 cm³/mol. The third kappa shape index (κ3) is 5.30. The normalized spacial score (nSPS) is 17.6. The van der Waals surface area contributed by atoms with Crippen molar-refractivity contribution in [3.05, 3.63) is 17.7 Å². The lowest BCUT2D eigenvalue weighted by atomic mass is 9.95. The molecule has 0 unspecified atom stereocenters. The smallest absolute Gasteiger partial charge is 0.231 e. The molecule has 1 fully saturated rings. The van der Waals surface area contributed by atoms with Gasteiger partial charge in [0.15, 0.2) is 11.5 Å². The van der Waals surface area contributed by atoms with Crippen LogP contribution in [-0.2, 0) is 0 Å². The number of nitrogens with one attached hydrogen (secondary N) is 1. The van der Waals surface area contributed by atoms with Gasteiger partial charge in [-0.1, -0.05) is 13.8 Å². The van der Waals surface area contributed by atoms with E-state index in [4.69, 9.17) is 14.2 Å². The first kappa shape index (κ1) is 22.2. The van der Waals surface area contributed by atoms with E-state index in [2.05, 4.69) is 36.2 Å². The van der Waals surface area contributed by atoms with Crippen molar-refractivity contribution in [1.82, 2.24) is 10.2 Å². The molecule has 25 heavy (non-hydrogen) atoms. The van der Waals surface area contributed by atoms with Crippen molar-refractivity contribution in [3.8, 4) is 17.2 Å². The first-order chi connectivity index (χ1) is 11.2. The van der Waals surface area contributed by atoms with E-state index < -0.39 is 0 Å². The van der Waals surface area contributed by atoms with Crippen LogP contribution in [0.3, 0.4) is 0 Å². The molecule has 0 amide bonds. The fraction of sp³-hybridized carbons (Fsp3) is 0.667. The van der Waals surface area contributed by atoms with Crippen LogP contribution in [0.15, 0.2) is 12.1 Å². The Labute approximate surface area is 163 Å². The highest BCUT2D eigenvalue weighted by atomic mass is 35.5. The van der Waals surface area contributed by atoms with E-state index in [9.17, 15) is 0 Å². The molecule has 0 aliphatic carbocycles. The Kier molecular flexibility index (Phi) is 9.14. The van der Waals surface area contributed by atoms with E-state index in [-0.39, 0.29) is 31.6 Å². The van der Waals surface area contributed by atoms with Gasteiger partial charge in [0, 0.05) is 32.2 Å². The zero-order chi connectivity index (χ0) is 16.2. The van der Waals surface area contributed by atoms with Crippen LogP contribution in [0.25, 0.3) is 0 Å². The van der Waals surface area contributed by atoms with Gasteiger partial charge in [0.1, 0.15) is 0 Å². The van der Waals surface area contributed by atoms with E-state index in [0.29, 0.717) is 12.0 Å². The molecule has 2 aliphatic heterocycles. The molecule has 1 aromatic rings. The van der Waals surface area contributed by atoms with Gasteiger partial charge in [0.25, 0.3) is 0 Å². The number of methoxy groups -OCH3 is 1. The third-order valence-corrected chi connectivity index (χ3v) is 4.68. The maximum absolute atomic E-state index is 5.61. The summed E-state index contributed by atoms with van der Waals surface area (Å²) in [5, 5.41) is 3.44. The largest absolute Gasteiger partial charge is 0.493 e. The Morgan fingerprint density at radius 2 is 1.84 bits per heavy atom. The predicted octanol–water partition coefficient (Wildman–Crippen LogP) is 3.65. The lowest BCUT2D eigenvalue weighted by Crippen LogP contribution is -2.45. The summed E-state index contributed by atoms with van der Waals surface area (Å²) >= 11 is 0. The van der Waals surface area contributed by atoms with Crippen molar-refractivity contribution in [3.63, 3.8) is 0 Å². The topological polar surface area (TPSA) is 43.0 Å². The van der Waals surface area contributed by atoms with Crippen molar-refractivity contribution < 1.29 is 14.2 Å². The third-order valence-electron chi connectivity index (χ3n) is 4.68. The average molecular weight is 393 g/mol. The molecule has 0 bridgehead atoms. The van der Waals surface area contributed by atoms with Gasteiger partial charge in [0.05, 0.1) is 7.11 Å². The Bertz CT molecular complexity index is 537. The van der Waals surface area contributed by atoms with Crippen LogP contribution in [0.5, 0.6) is 17.2 Å². The second-order valence-corrected chi connectivity index (χ2v) is 6.73. The molecule has 1 atom stereocenters. The number of rotatable bonds is 6. The maximum atomic E-state index is 5.61. The molecule has 0 spiro atoms. The molecule has 2 aliphatic rings. The minimum atomic E-state index is 0. The van der Waals surface area contributed by atoms with Gasteiger partial charge in [-0.3, -0.25) is 4.90 Å². The summed E-state index contributed by atoms with van der Waals surface area (Å²) < 4.78 is 16.7. The standard InChI is InChI=1S/C18H28N2O3.2ClH/c1-13(2)4-5-15(20-8-6-19-7-9-20)14-10-16(21-3)18-17(11-14)22-12-23-18;;/h10-11,13,15,19H,4-9,12H2,1-3H3;2*1H/t15-;;/m1../s1. The fourth-order valence-electron chi connectivity index (χ4n) is 3.39. The van der Waals surface area contributed by atoms with Crippen LogP contribution < -0.4 is 19.5 Å². The molecule has 0 saturated carbocycles. The molecule has 144 valence electrons. The molecule has 1 N–H and O–H groups in total. The first-order valence-electron chi connectivity index (χ1n) is 8.61. The monoisotopic (exact) mass is 392 g/mol. The lowest BCUT2D eigenvalue weighted by Gasteiger charge is -2.36. The molecule has 3 rings (SSSR count). The highest BCUT2D eigenvalue weighted by Crippen LogP contribution is 2.44. The van der Waals surface area contributed by atoms with Crippen molar-refractivity contribution >= 4 is 24.8 Å². The quantitative estimate of drug-likeness (QED) is 0.799. The summed E-state index contributed by atoms with van der Waals surface area (Å²) in [6.07, 6.45) is 2.37. The highest BCUT2D eigenvalue weighted by molar-refractivity contribution is 5.85. The average Bonchev–Trinajstić information content (AvgIpc) is 3.03. The van der Waals surface area contributed by atoms with Crippen molar-refractivity contribution in [1.29, 1.82) is 0 Å². The Hall–Kier alpha value is -0.880. The molecule has 0 aromatic heterocycles. The lowest BCUT2D eigenvalue weighted by molar-refractivity contribution is 0.159. The Morgan fingerprint density at radius 3 is 2.48 bits per heavy atom. The number of benzene rings is 1. The number of halogens is 2. The second-order valence-electron chi connectivity index (χ2n) is 6.73. The number of ether oxygens (including phenoxy) is 3. The van der Waals surface area contributed by atoms with Gasteiger partial charge in [0.2, 0.25) is 12.5 Å². The summed E-state index contributed by atoms with van der Waals surface area (Å²) in [5.41, 5.74) is 1.27. The minimum Gasteiger partial charge on any atom is -0.493 e. The first-order valence-corrected chi connectivity index (χ1v) is 8.61. The molecule has 5 nitrogen and oxygen atoms in total. The van der Waals surface area contributed by atoms with Crippen LogP contribution in [0.4, 0.5) is 0 Å². The molecule has 7 heteroatoms. The second kappa shape index (κ2) is 10.3. The van der Waals surface area contributed by atoms with Crippen LogP contribution in [0, 0.1) is 5.92 Å². The molecule has 1 aromatic carbocycles. The number of nitrogens with zero attached hydrogens (tertiary/aromatic N) is 1. The zero-order valence-electron chi connectivity index (χ0n) is 15.2. The van der Waals surface area contributed by atoms with Crippen molar-refractivity contribution in [2.45, 2.75) is 32.7 Å².